The molecule has 0 amide bonds. The van der Waals surface area contributed by atoms with E-state index in [9.17, 15) is 0 Å². The largest absolute Gasteiger partial charge is 0.305 e. The van der Waals surface area contributed by atoms with Crippen LogP contribution < -0.4 is 0 Å². The molecular formula is C25H27N5. The molecule has 0 N–H and O–H groups in total. The number of hydrogen-bond donors (Lipinski definition) is 0. The van der Waals surface area contributed by atoms with Crippen LogP contribution in [0.2, 0.25) is 0 Å². The molecule has 0 radical (unpaired) electrons. The first kappa shape index (κ1) is 19.0. The van der Waals surface area contributed by atoms with E-state index in [2.05, 4.69) is 94.0 Å². The van der Waals surface area contributed by atoms with E-state index in [4.69, 9.17) is 4.98 Å². The van der Waals surface area contributed by atoms with Crippen LogP contribution in [-0.2, 0) is 6.54 Å². The van der Waals surface area contributed by atoms with Crippen molar-refractivity contribution in [1.29, 1.82) is 0 Å². The van der Waals surface area contributed by atoms with Crippen molar-refractivity contribution in [2.75, 3.05) is 26.7 Å². The van der Waals surface area contributed by atoms with Crippen molar-refractivity contribution < 1.29 is 0 Å². The van der Waals surface area contributed by atoms with E-state index in [0.717, 1.165) is 43.3 Å². The van der Waals surface area contributed by atoms with Crippen molar-refractivity contribution in [1.82, 2.24) is 24.2 Å². The Kier molecular flexibility index (Phi) is 5.07. The first-order chi connectivity index (χ1) is 14.7. The number of imidazole rings is 1. The van der Waals surface area contributed by atoms with E-state index in [0.29, 0.717) is 0 Å². The quantitative estimate of drug-likeness (QED) is 0.517. The number of nitrogens with zero attached hydrogens (tertiary/aromatic N) is 5. The highest BCUT2D eigenvalue weighted by molar-refractivity contribution is 5.66. The first-order valence-corrected chi connectivity index (χ1v) is 10.5. The van der Waals surface area contributed by atoms with Crippen molar-refractivity contribution in [2.24, 2.45) is 0 Å². The molecule has 1 aliphatic rings. The maximum absolute atomic E-state index is 4.84. The summed E-state index contributed by atoms with van der Waals surface area (Å²) in [5.74, 6) is 0. The lowest BCUT2D eigenvalue weighted by Gasteiger charge is -2.38. The average molecular weight is 398 g/mol. The zero-order valence-electron chi connectivity index (χ0n) is 17.6. The lowest BCUT2D eigenvalue weighted by atomic mass is 10.1. The van der Waals surface area contributed by atoms with Gasteiger partial charge in [-0.1, -0.05) is 42.5 Å². The third kappa shape index (κ3) is 3.74. The van der Waals surface area contributed by atoms with Crippen LogP contribution in [0.1, 0.15) is 23.1 Å². The molecule has 1 aromatic carbocycles. The molecule has 5 nitrogen and oxygen atoms in total. The fourth-order valence-electron chi connectivity index (χ4n) is 4.36. The summed E-state index contributed by atoms with van der Waals surface area (Å²) in [7, 11) is 2.20. The summed E-state index contributed by atoms with van der Waals surface area (Å²) in [6.07, 6.45) is 4.13. The van der Waals surface area contributed by atoms with Gasteiger partial charge in [0.15, 0.2) is 0 Å². The van der Waals surface area contributed by atoms with Crippen molar-refractivity contribution >= 4 is 5.52 Å². The van der Waals surface area contributed by atoms with Gasteiger partial charge in [-0.25, -0.2) is 4.98 Å². The molecular weight excluding hydrogens is 370 g/mol. The number of rotatable bonds is 4. The second-order valence-electron chi connectivity index (χ2n) is 8.21. The number of pyridine rings is 2. The zero-order valence-corrected chi connectivity index (χ0v) is 17.6. The van der Waals surface area contributed by atoms with Crippen LogP contribution in [0.4, 0.5) is 0 Å². The topological polar surface area (TPSA) is 36.7 Å². The highest BCUT2D eigenvalue weighted by Gasteiger charge is 2.28. The van der Waals surface area contributed by atoms with Crippen LogP contribution in [0.5, 0.6) is 0 Å². The van der Waals surface area contributed by atoms with Gasteiger partial charge < -0.3 is 4.40 Å². The van der Waals surface area contributed by atoms with Gasteiger partial charge in [0.25, 0.3) is 0 Å². The molecule has 4 heterocycles. The number of aryl methyl sites for hydroxylation is 1. The van der Waals surface area contributed by atoms with E-state index in [1.807, 2.05) is 12.4 Å². The Morgan fingerprint density at radius 3 is 2.63 bits per heavy atom. The summed E-state index contributed by atoms with van der Waals surface area (Å²) in [5.41, 5.74) is 6.98. The fourth-order valence-corrected chi connectivity index (χ4v) is 4.36. The van der Waals surface area contributed by atoms with Crippen LogP contribution in [0.15, 0.2) is 73.2 Å². The van der Waals surface area contributed by atoms with E-state index >= 15 is 0 Å². The van der Waals surface area contributed by atoms with E-state index in [-0.39, 0.29) is 6.04 Å². The average Bonchev–Trinajstić information content (AvgIpc) is 3.19. The minimum Gasteiger partial charge on any atom is -0.305 e. The molecule has 152 valence electrons. The minimum absolute atomic E-state index is 0.274. The maximum Gasteiger partial charge on any atom is 0.0996 e. The summed E-state index contributed by atoms with van der Waals surface area (Å²) in [4.78, 5) is 14.4. The van der Waals surface area contributed by atoms with Crippen LogP contribution >= 0.6 is 0 Å². The molecule has 1 atom stereocenters. The van der Waals surface area contributed by atoms with Crippen molar-refractivity contribution in [3.05, 3.63) is 90.3 Å². The van der Waals surface area contributed by atoms with Gasteiger partial charge in [0.1, 0.15) is 0 Å². The van der Waals surface area contributed by atoms with Crippen LogP contribution in [0.3, 0.4) is 0 Å². The Hall–Kier alpha value is -3.02. The van der Waals surface area contributed by atoms with Gasteiger partial charge in [0.2, 0.25) is 0 Å². The maximum atomic E-state index is 4.84. The molecule has 5 rings (SSSR count). The number of likely N-dealkylation sites (N-methyl/N-ethyl adjacent to an activating group) is 1. The van der Waals surface area contributed by atoms with Gasteiger partial charge in [-0.3, -0.25) is 14.8 Å². The molecule has 0 aliphatic carbocycles. The number of piperazine rings is 1. The van der Waals surface area contributed by atoms with Gasteiger partial charge in [-0.05, 0) is 43.3 Å². The number of hydrogen-bond acceptors (Lipinski definition) is 4. The molecule has 30 heavy (non-hydrogen) atoms. The summed E-state index contributed by atoms with van der Waals surface area (Å²) < 4.78 is 2.16. The number of fused-ring (bicyclic) bond motifs is 1. The highest BCUT2D eigenvalue weighted by atomic mass is 15.3. The Labute approximate surface area is 177 Å². The molecule has 5 heteroatoms. The van der Waals surface area contributed by atoms with Crippen molar-refractivity contribution in [3.8, 4) is 11.1 Å². The monoisotopic (exact) mass is 397 g/mol. The predicted molar refractivity (Wildman–Crippen MR) is 120 cm³/mol. The zero-order chi connectivity index (χ0) is 20.5. The first-order valence-electron chi connectivity index (χ1n) is 10.5. The molecule has 3 aromatic heterocycles. The van der Waals surface area contributed by atoms with Gasteiger partial charge >= 0.3 is 0 Å². The summed E-state index contributed by atoms with van der Waals surface area (Å²) in [5, 5.41) is 0. The second kappa shape index (κ2) is 8.01. The number of aromatic nitrogens is 3. The lowest BCUT2D eigenvalue weighted by molar-refractivity contribution is 0.0883. The molecule has 1 fully saturated rings. The van der Waals surface area contributed by atoms with Gasteiger partial charge in [-0.2, -0.15) is 0 Å². The second-order valence-corrected chi connectivity index (χ2v) is 8.21. The molecule has 1 aliphatic heterocycles. The Bertz CT molecular complexity index is 1150. The van der Waals surface area contributed by atoms with Crippen LogP contribution in [-0.4, -0.2) is 50.9 Å². The van der Waals surface area contributed by atoms with Crippen LogP contribution in [0, 0.1) is 6.92 Å². The SMILES string of the molecule is Cc1cccc(CN2CCN(C)C(c3ncn4cc(-c5ccccc5)ccc34)C2)n1. The molecule has 4 aromatic rings. The number of benzene rings is 1. The fraction of sp³-hybridized carbons (Fsp3) is 0.280. The third-order valence-corrected chi connectivity index (χ3v) is 6.05. The van der Waals surface area contributed by atoms with Crippen molar-refractivity contribution in [3.63, 3.8) is 0 Å². The molecule has 1 unspecified atom stereocenters. The summed E-state index contributed by atoms with van der Waals surface area (Å²) in [6, 6.07) is 21.4. The van der Waals surface area contributed by atoms with E-state index in [1.54, 1.807) is 0 Å². The van der Waals surface area contributed by atoms with Crippen molar-refractivity contribution in [2.45, 2.75) is 19.5 Å². The highest BCUT2D eigenvalue weighted by Crippen LogP contribution is 2.29. The van der Waals surface area contributed by atoms with Gasteiger partial charge in [0, 0.05) is 38.1 Å². The molecule has 1 saturated heterocycles. The Morgan fingerprint density at radius 2 is 1.80 bits per heavy atom. The summed E-state index contributed by atoms with van der Waals surface area (Å²) in [6.45, 7) is 5.97. The normalized spacial score (nSPS) is 18.1. The smallest absolute Gasteiger partial charge is 0.0996 e. The van der Waals surface area contributed by atoms with Crippen LogP contribution in [0.25, 0.3) is 16.6 Å². The standard InChI is InChI=1S/C25H27N5/c1-19-7-6-10-22(27-19)16-29-14-13-28(2)24(17-29)25-23-12-11-21(15-30(23)18-26-25)20-8-4-3-5-9-20/h3-12,15,18,24H,13-14,16-17H2,1-2H3. The minimum atomic E-state index is 0.274. The Morgan fingerprint density at radius 1 is 0.933 bits per heavy atom. The molecule has 0 spiro atoms. The third-order valence-electron chi connectivity index (χ3n) is 6.05. The molecule has 0 saturated carbocycles. The van der Waals surface area contributed by atoms with E-state index < -0.39 is 0 Å². The summed E-state index contributed by atoms with van der Waals surface area (Å²) >= 11 is 0. The lowest BCUT2D eigenvalue weighted by Crippen LogP contribution is -2.46. The predicted octanol–water partition coefficient (Wildman–Crippen LogP) is 4.19. The van der Waals surface area contributed by atoms with E-state index in [1.165, 1.54) is 16.6 Å². The molecule has 0 bridgehead atoms. The van der Waals surface area contributed by atoms with Gasteiger partial charge in [-0.15, -0.1) is 0 Å². The Balaban J connectivity index is 1.40. The van der Waals surface area contributed by atoms with Gasteiger partial charge in [0.05, 0.1) is 29.3 Å².